The van der Waals surface area contributed by atoms with Gasteiger partial charge in [-0.25, -0.2) is 0 Å². The zero-order valence-corrected chi connectivity index (χ0v) is 17.4. The molecule has 0 spiro atoms. The Labute approximate surface area is 177 Å². The van der Waals surface area contributed by atoms with Gasteiger partial charge in [0.15, 0.2) is 0 Å². The minimum atomic E-state index is 0.170. The molecule has 2 aromatic carbocycles. The molecule has 0 radical (unpaired) electrons. The van der Waals surface area contributed by atoms with Crippen LogP contribution in [0.2, 0.25) is 0 Å². The summed E-state index contributed by atoms with van der Waals surface area (Å²) in [4.78, 5) is 28.9. The number of para-hydroxylation sites is 1. The average Bonchev–Trinajstić information content (AvgIpc) is 3.21. The zero-order valence-electron chi connectivity index (χ0n) is 17.4. The van der Waals surface area contributed by atoms with Gasteiger partial charge in [-0.1, -0.05) is 48.5 Å². The Morgan fingerprint density at radius 2 is 1.37 bits per heavy atom. The van der Waals surface area contributed by atoms with Crippen LogP contribution in [0.15, 0.2) is 66.9 Å². The molecule has 0 unspecified atom stereocenters. The Morgan fingerprint density at radius 1 is 0.733 bits per heavy atom. The van der Waals surface area contributed by atoms with Crippen LogP contribution >= 0.6 is 0 Å². The molecule has 30 heavy (non-hydrogen) atoms. The van der Waals surface area contributed by atoms with Crippen molar-refractivity contribution in [2.75, 3.05) is 26.2 Å². The average molecular weight is 404 g/mol. The summed E-state index contributed by atoms with van der Waals surface area (Å²) in [5.41, 5.74) is 2.44. The number of nitrogens with zero attached hydrogens (tertiary/aromatic N) is 3. The molecule has 3 aromatic rings. The number of aromatic nitrogens is 1. The third-order valence-corrected chi connectivity index (χ3v) is 5.93. The largest absolute Gasteiger partial charge is 0.347 e. The van der Waals surface area contributed by atoms with Crippen molar-refractivity contribution < 1.29 is 9.59 Å². The summed E-state index contributed by atoms with van der Waals surface area (Å²) in [6.07, 6.45) is 4.91. The summed E-state index contributed by atoms with van der Waals surface area (Å²) in [6.45, 7) is 3.24. The predicted octanol–water partition coefficient (Wildman–Crippen LogP) is 3.73. The van der Waals surface area contributed by atoms with E-state index in [0.29, 0.717) is 45.6 Å². The van der Waals surface area contributed by atoms with E-state index < -0.39 is 0 Å². The Bertz CT molecular complexity index is 988. The van der Waals surface area contributed by atoms with Crippen molar-refractivity contribution in [3.05, 3.63) is 72.4 Å². The van der Waals surface area contributed by atoms with Crippen LogP contribution in [0, 0.1) is 0 Å². The van der Waals surface area contributed by atoms with Crippen LogP contribution < -0.4 is 0 Å². The molecule has 5 heteroatoms. The standard InChI is InChI=1S/C25H29N3O2/c29-24(12-6-9-21-7-2-1-3-8-21)27-17-19-28(20-18-27)25(30)14-16-26-15-13-22-10-4-5-11-23(22)26/h1-5,7-8,10-11,13,15H,6,9,12,14,16-20H2. The second-order valence-electron chi connectivity index (χ2n) is 7.92. The lowest BCUT2D eigenvalue weighted by Gasteiger charge is -2.35. The SMILES string of the molecule is O=C(CCCc1ccccc1)N1CCN(C(=O)CCn2ccc3ccccc32)CC1. The van der Waals surface area contributed by atoms with Gasteiger partial charge < -0.3 is 14.4 Å². The maximum atomic E-state index is 12.6. The number of hydrogen-bond donors (Lipinski definition) is 0. The van der Waals surface area contributed by atoms with Gasteiger partial charge in [-0.2, -0.15) is 0 Å². The zero-order chi connectivity index (χ0) is 20.8. The lowest BCUT2D eigenvalue weighted by molar-refractivity contribution is -0.139. The van der Waals surface area contributed by atoms with Crippen LogP contribution in [0.25, 0.3) is 10.9 Å². The molecule has 1 aliphatic heterocycles. The van der Waals surface area contributed by atoms with Gasteiger partial charge in [0.2, 0.25) is 11.8 Å². The summed E-state index contributed by atoms with van der Waals surface area (Å²) in [6, 6.07) is 20.6. The van der Waals surface area contributed by atoms with Crippen LogP contribution in [0.4, 0.5) is 0 Å². The van der Waals surface area contributed by atoms with Crippen molar-refractivity contribution in [1.29, 1.82) is 0 Å². The highest BCUT2D eigenvalue weighted by Gasteiger charge is 2.23. The van der Waals surface area contributed by atoms with Gasteiger partial charge in [-0.15, -0.1) is 0 Å². The molecule has 0 saturated carbocycles. The van der Waals surface area contributed by atoms with Crippen molar-refractivity contribution in [1.82, 2.24) is 14.4 Å². The Balaban J connectivity index is 1.19. The number of piperazine rings is 1. The number of amides is 2. The van der Waals surface area contributed by atoms with Gasteiger partial charge in [-0.05, 0) is 35.9 Å². The molecule has 0 N–H and O–H groups in total. The Hall–Kier alpha value is -3.08. The van der Waals surface area contributed by atoms with Crippen LogP contribution in [0.1, 0.15) is 24.8 Å². The fourth-order valence-corrected chi connectivity index (χ4v) is 4.16. The number of fused-ring (bicyclic) bond motifs is 1. The maximum absolute atomic E-state index is 12.6. The predicted molar refractivity (Wildman–Crippen MR) is 119 cm³/mol. The minimum Gasteiger partial charge on any atom is -0.347 e. The molecule has 1 aromatic heterocycles. The van der Waals surface area contributed by atoms with Gasteiger partial charge in [0.25, 0.3) is 0 Å². The number of rotatable bonds is 7. The van der Waals surface area contributed by atoms with E-state index >= 15 is 0 Å². The number of benzene rings is 2. The molecule has 2 heterocycles. The van der Waals surface area contributed by atoms with Gasteiger partial charge in [-0.3, -0.25) is 9.59 Å². The molecule has 4 rings (SSSR count). The number of carbonyl (C=O) groups is 2. The highest BCUT2D eigenvalue weighted by molar-refractivity contribution is 5.81. The van der Waals surface area contributed by atoms with Gasteiger partial charge in [0, 0.05) is 57.3 Å². The molecule has 1 aliphatic rings. The smallest absolute Gasteiger partial charge is 0.224 e. The Morgan fingerprint density at radius 3 is 2.10 bits per heavy atom. The first-order chi connectivity index (χ1) is 14.7. The molecule has 0 atom stereocenters. The lowest BCUT2D eigenvalue weighted by Crippen LogP contribution is -2.50. The van der Waals surface area contributed by atoms with E-state index in [0.717, 1.165) is 18.4 Å². The van der Waals surface area contributed by atoms with E-state index in [-0.39, 0.29) is 11.8 Å². The molecule has 1 saturated heterocycles. The van der Waals surface area contributed by atoms with Crippen LogP contribution in [0.3, 0.4) is 0 Å². The number of aryl methyl sites for hydroxylation is 2. The monoisotopic (exact) mass is 403 g/mol. The topological polar surface area (TPSA) is 45.6 Å². The molecule has 0 bridgehead atoms. The first kappa shape index (κ1) is 20.2. The second kappa shape index (κ2) is 9.61. The van der Waals surface area contributed by atoms with E-state index in [1.165, 1.54) is 10.9 Å². The van der Waals surface area contributed by atoms with Gasteiger partial charge >= 0.3 is 0 Å². The fraction of sp³-hybridized carbons (Fsp3) is 0.360. The summed E-state index contributed by atoms with van der Waals surface area (Å²) in [5, 5.41) is 1.20. The maximum Gasteiger partial charge on any atom is 0.224 e. The van der Waals surface area contributed by atoms with Crippen molar-refractivity contribution in [3.8, 4) is 0 Å². The second-order valence-corrected chi connectivity index (χ2v) is 7.92. The number of hydrogen-bond acceptors (Lipinski definition) is 2. The van der Waals surface area contributed by atoms with Crippen molar-refractivity contribution in [2.45, 2.75) is 32.2 Å². The first-order valence-electron chi connectivity index (χ1n) is 10.8. The molecule has 156 valence electrons. The summed E-state index contributed by atoms with van der Waals surface area (Å²) >= 11 is 0. The minimum absolute atomic E-state index is 0.170. The summed E-state index contributed by atoms with van der Waals surface area (Å²) in [7, 11) is 0. The lowest BCUT2D eigenvalue weighted by atomic mass is 10.1. The van der Waals surface area contributed by atoms with Crippen molar-refractivity contribution in [3.63, 3.8) is 0 Å². The third-order valence-electron chi connectivity index (χ3n) is 5.93. The molecule has 2 amide bonds. The van der Waals surface area contributed by atoms with Gasteiger partial charge in [0.05, 0.1) is 0 Å². The highest BCUT2D eigenvalue weighted by Crippen LogP contribution is 2.16. The third kappa shape index (κ3) is 4.90. The van der Waals surface area contributed by atoms with E-state index in [4.69, 9.17) is 0 Å². The van der Waals surface area contributed by atoms with Crippen LogP contribution in [-0.4, -0.2) is 52.4 Å². The summed E-state index contributed by atoms with van der Waals surface area (Å²) in [5.74, 6) is 0.376. The van der Waals surface area contributed by atoms with Crippen LogP contribution in [-0.2, 0) is 22.6 Å². The molecular formula is C25H29N3O2. The summed E-state index contributed by atoms with van der Waals surface area (Å²) < 4.78 is 2.14. The normalized spacial score (nSPS) is 14.3. The number of carbonyl (C=O) groups excluding carboxylic acids is 2. The van der Waals surface area contributed by atoms with Crippen LogP contribution in [0.5, 0.6) is 0 Å². The van der Waals surface area contributed by atoms with E-state index in [9.17, 15) is 9.59 Å². The molecule has 5 nitrogen and oxygen atoms in total. The quantitative estimate of drug-likeness (QED) is 0.604. The first-order valence-corrected chi connectivity index (χ1v) is 10.8. The molecule has 0 aliphatic carbocycles. The fourth-order valence-electron chi connectivity index (χ4n) is 4.16. The van der Waals surface area contributed by atoms with Crippen molar-refractivity contribution >= 4 is 22.7 Å². The highest BCUT2D eigenvalue weighted by atomic mass is 16.2. The van der Waals surface area contributed by atoms with E-state index in [2.05, 4.69) is 34.9 Å². The van der Waals surface area contributed by atoms with Crippen molar-refractivity contribution in [2.24, 2.45) is 0 Å². The molecule has 1 fully saturated rings. The van der Waals surface area contributed by atoms with E-state index in [1.54, 1.807) is 0 Å². The van der Waals surface area contributed by atoms with Gasteiger partial charge in [0.1, 0.15) is 0 Å². The van der Waals surface area contributed by atoms with E-state index in [1.807, 2.05) is 46.3 Å². The Kier molecular flexibility index (Phi) is 6.47. The molecular weight excluding hydrogens is 374 g/mol.